The molecule has 2 aromatic carbocycles. The van der Waals surface area contributed by atoms with Crippen molar-refractivity contribution in [3.05, 3.63) is 53.9 Å². The average molecular weight is 431 g/mol. The molecule has 3 aromatic rings. The van der Waals surface area contributed by atoms with Gasteiger partial charge < -0.3 is 18.9 Å². The first-order valence-corrected chi connectivity index (χ1v) is 9.60. The number of benzene rings is 2. The average Bonchev–Trinajstić information content (AvgIpc) is 3.40. The van der Waals surface area contributed by atoms with Crippen molar-refractivity contribution in [2.75, 3.05) is 24.7 Å². The summed E-state index contributed by atoms with van der Waals surface area (Å²) in [6, 6.07) is 9.82. The lowest BCUT2D eigenvalue weighted by atomic mass is 10.1. The number of hydrogen-bond donors (Lipinski definition) is 0. The van der Waals surface area contributed by atoms with Gasteiger partial charge in [0.15, 0.2) is 11.5 Å². The van der Waals surface area contributed by atoms with Gasteiger partial charge in [-0.3, -0.25) is 4.79 Å². The zero-order valence-electron chi connectivity index (χ0n) is 16.1. The van der Waals surface area contributed by atoms with Crippen molar-refractivity contribution in [2.24, 2.45) is 0 Å². The Morgan fingerprint density at radius 3 is 2.48 bits per heavy atom. The lowest BCUT2D eigenvalue weighted by molar-refractivity contribution is -0.137. The van der Waals surface area contributed by atoms with E-state index in [0.29, 0.717) is 42.5 Å². The van der Waals surface area contributed by atoms with E-state index in [-0.39, 0.29) is 30.0 Å². The van der Waals surface area contributed by atoms with E-state index in [9.17, 15) is 18.0 Å². The number of fused-ring (bicyclic) bond motifs is 1. The molecule has 2 aliphatic heterocycles. The Labute approximate surface area is 174 Å². The fraction of sp³-hybridized carbons (Fsp3) is 0.286. The van der Waals surface area contributed by atoms with E-state index < -0.39 is 11.7 Å². The number of aromatic nitrogens is 2. The molecule has 0 N–H and O–H groups in total. The first kappa shape index (κ1) is 19.4. The van der Waals surface area contributed by atoms with Gasteiger partial charge in [-0.05, 0) is 24.3 Å². The third kappa shape index (κ3) is 3.69. The number of carbonyl (C=O) groups excluding carboxylic acids is 1. The molecule has 7 nitrogen and oxygen atoms in total. The van der Waals surface area contributed by atoms with Crippen LogP contribution < -0.4 is 14.4 Å². The predicted molar refractivity (Wildman–Crippen MR) is 102 cm³/mol. The number of alkyl halides is 3. The van der Waals surface area contributed by atoms with Crippen LogP contribution >= 0.6 is 0 Å². The van der Waals surface area contributed by atoms with E-state index in [4.69, 9.17) is 14.0 Å². The van der Waals surface area contributed by atoms with Crippen LogP contribution in [0.4, 0.5) is 18.9 Å². The summed E-state index contributed by atoms with van der Waals surface area (Å²) in [6.07, 6.45) is -4.23. The minimum Gasteiger partial charge on any atom is -0.486 e. The summed E-state index contributed by atoms with van der Waals surface area (Å²) in [6.45, 7) is 1.27. The molecule has 31 heavy (non-hydrogen) atoms. The van der Waals surface area contributed by atoms with Gasteiger partial charge in [0.2, 0.25) is 17.6 Å². The summed E-state index contributed by atoms with van der Waals surface area (Å²) >= 11 is 0. The second kappa shape index (κ2) is 7.29. The SMILES string of the molecule is O=C1C[C@@H](c2nc(-c3ccc(C(F)(F)F)cc3)no2)CN1c1ccc2c(c1)OCCO2. The Hall–Kier alpha value is -3.56. The number of hydrogen-bond acceptors (Lipinski definition) is 6. The molecule has 3 heterocycles. The van der Waals surface area contributed by atoms with Crippen LogP contribution in [-0.2, 0) is 11.0 Å². The van der Waals surface area contributed by atoms with E-state index >= 15 is 0 Å². The number of anilines is 1. The second-order valence-corrected chi connectivity index (χ2v) is 7.26. The van der Waals surface area contributed by atoms with Gasteiger partial charge in [-0.2, -0.15) is 18.2 Å². The maximum atomic E-state index is 12.7. The lowest BCUT2D eigenvalue weighted by Crippen LogP contribution is -2.24. The number of amides is 1. The molecule has 0 aliphatic carbocycles. The van der Waals surface area contributed by atoms with Crippen LogP contribution in [0, 0.1) is 0 Å². The minimum atomic E-state index is -4.41. The normalized spacial score (nSPS) is 18.5. The van der Waals surface area contributed by atoms with Gasteiger partial charge in [0.25, 0.3) is 0 Å². The fourth-order valence-electron chi connectivity index (χ4n) is 3.65. The molecule has 1 aromatic heterocycles. The zero-order chi connectivity index (χ0) is 21.6. The van der Waals surface area contributed by atoms with Crippen LogP contribution in [0.15, 0.2) is 47.0 Å². The predicted octanol–water partition coefficient (Wildman–Crippen LogP) is 4.05. The second-order valence-electron chi connectivity index (χ2n) is 7.26. The lowest BCUT2D eigenvalue weighted by Gasteiger charge is -2.22. The minimum absolute atomic E-state index is 0.101. The van der Waals surface area contributed by atoms with Gasteiger partial charge in [0, 0.05) is 30.3 Å². The van der Waals surface area contributed by atoms with Gasteiger partial charge >= 0.3 is 6.18 Å². The van der Waals surface area contributed by atoms with Crippen molar-refractivity contribution in [3.63, 3.8) is 0 Å². The summed E-state index contributed by atoms with van der Waals surface area (Å²) in [4.78, 5) is 18.5. The molecule has 1 atom stereocenters. The zero-order valence-corrected chi connectivity index (χ0v) is 16.1. The smallest absolute Gasteiger partial charge is 0.416 e. The molecule has 0 unspecified atom stereocenters. The van der Waals surface area contributed by atoms with Crippen LogP contribution in [0.2, 0.25) is 0 Å². The van der Waals surface area contributed by atoms with Crippen molar-refractivity contribution in [1.82, 2.24) is 10.1 Å². The van der Waals surface area contributed by atoms with Crippen molar-refractivity contribution >= 4 is 11.6 Å². The summed E-state index contributed by atoms with van der Waals surface area (Å²) in [7, 11) is 0. The Morgan fingerprint density at radius 2 is 1.74 bits per heavy atom. The standard InChI is InChI=1S/C21H16F3N3O4/c22-21(23,24)14-3-1-12(2-4-14)19-25-20(31-26-19)13-9-18(28)27(11-13)15-5-6-16-17(10-15)30-8-7-29-16/h1-6,10,13H,7-9,11H2/t13-/m1/s1. The highest BCUT2D eigenvalue weighted by atomic mass is 19.4. The molecule has 160 valence electrons. The number of ether oxygens (including phenoxy) is 2. The maximum Gasteiger partial charge on any atom is 0.416 e. The Kier molecular flexibility index (Phi) is 4.57. The molecule has 0 saturated carbocycles. The first-order valence-electron chi connectivity index (χ1n) is 9.60. The molecule has 10 heteroatoms. The van der Waals surface area contributed by atoms with Crippen molar-refractivity contribution in [3.8, 4) is 22.9 Å². The molecule has 0 spiro atoms. The number of rotatable bonds is 3. The topological polar surface area (TPSA) is 77.7 Å². The summed E-state index contributed by atoms with van der Waals surface area (Å²) in [5, 5.41) is 3.87. The molecule has 0 radical (unpaired) electrons. The van der Waals surface area contributed by atoms with E-state index in [0.717, 1.165) is 12.1 Å². The third-order valence-corrected chi connectivity index (χ3v) is 5.22. The van der Waals surface area contributed by atoms with Crippen molar-refractivity contribution < 1.29 is 32.0 Å². The summed E-state index contributed by atoms with van der Waals surface area (Å²) in [5.74, 6) is 1.24. The molecular weight excluding hydrogens is 415 g/mol. The highest BCUT2D eigenvalue weighted by Gasteiger charge is 2.36. The van der Waals surface area contributed by atoms with Gasteiger partial charge in [-0.1, -0.05) is 17.3 Å². The molecule has 1 fully saturated rings. The highest BCUT2D eigenvalue weighted by Crippen LogP contribution is 2.38. The van der Waals surface area contributed by atoms with Gasteiger partial charge in [0.1, 0.15) is 13.2 Å². The van der Waals surface area contributed by atoms with Gasteiger partial charge in [-0.15, -0.1) is 0 Å². The Bertz CT molecular complexity index is 1130. The Balaban J connectivity index is 1.33. The van der Waals surface area contributed by atoms with Crippen LogP contribution in [0.3, 0.4) is 0 Å². The summed E-state index contributed by atoms with van der Waals surface area (Å²) < 4.78 is 54.6. The van der Waals surface area contributed by atoms with Crippen LogP contribution in [0.1, 0.15) is 23.8 Å². The number of carbonyl (C=O) groups is 1. The van der Waals surface area contributed by atoms with Crippen LogP contribution in [-0.4, -0.2) is 35.8 Å². The van der Waals surface area contributed by atoms with E-state index in [1.807, 2.05) is 0 Å². The molecule has 1 saturated heterocycles. The molecule has 1 amide bonds. The van der Waals surface area contributed by atoms with E-state index in [2.05, 4.69) is 10.1 Å². The highest BCUT2D eigenvalue weighted by molar-refractivity contribution is 5.96. The number of halogens is 3. The Morgan fingerprint density at radius 1 is 1.00 bits per heavy atom. The third-order valence-electron chi connectivity index (χ3n) is 5.22. The van der Waals surface area contributed by atoms with E-state index in [1.165, 1.54) is 12.1 Å². The summed E-state index contributed by atoms with van der Waals surface area (Å²) in [5.41, 5.74) is 0.326. The molecule has 5 rings (SSSR count). The maximum absolute atomic E-state index is 12.7. The molecule has 2 aliphatic rings. The molecule has 0 bridgehead atoms. The van der Waals surface area contributed by atoms with Crippen LogP contribution in [0.25, 0.3) is 11.4 Å². The largest absolute Gasteiger partial charge is 0.486 e. The van der Waals surface area contributed by atoms with Crippen LogP contribution in [0.5, 0.6) is 11.5 Å². The monoisotopic (exact) mass is 431 g/mol. The quantitative estimate of drug-likeness (QED) is 0.623. The van der Waals surface area contributed by atoms with Gasteiger partial charge in [0.05, 0.1) is 11.5 Å². The first-order chi connectivity index (χ1) is 14.9. The van der Waals surface area contributed by atoms with E-state index in [1.54, 1.807) is 23.1 Å². The fourth-order valence-corrected chi connectivity index (χ4v) is 3.65. The van der Waals surface area contributed by atoms with Crippen molar-refractivity contribution in [2.45, 2.75) is 18.5 Å². The van der Waals surface area contributed by atoms with Crippen molar-refractivity contribution in [1.29, 1.82) is 0 Å². The number of nitrogens with zero attached hydrogens (tertiary/aromatic N) is 3. The van der Waals surface area contributed by atoms with Gasteiger partial charge in [-0.25, -0.2) is 0 Å². The molecular formula is C21H16F3N3O4.